The van der Waals surface area contributed by atoms with Crippen molar-refractivity contribution in [3.8, 4) is 0 Å². The minimum atomic E-state index is -1.82. The minimum Gasteiger partial charge on any atom is -0.329 e. The summed E-state index contributed by atoms with van der Waals surface area (Å²) < 4.78 is 11.4. The van der Waals surface area contributed by atoms with Crippen LogP contribution in [-0.4, -0.2) is 19.4 Å². The maximum Gasteiger partial charge on any atom is 0.188 e. The van der Waals surface area contributed by atoms with Crippen molar-refractivity contribution in [1.29, 1.82) is 0 Å². The summed E-state index contributed by atoms with van der Waals surface area (Å²) in [5, 5.41) is 0. The molecule has 1 aliphatic carbocycles. The van der Waals surface area contributed by atoms with Crippen LogP contribution in [0.1, 0.15) is 26.2 Å². The topological polar surface area (TPSA) is 18.5 Å². The first-order chi connectivity index (χ1) is 6.23. The first-order valence-corrected chi connectivity index (χ1v) is 7.94. The fraction of sp³-hybridized carbons (Fsp3) is 1.00. The van der Waals surface area contributed by atoms with Gasteiger partial charge in [-0.2, -0.15) is 0 Å². The zero-order valence-electron chi connectivity index (χ0n) is 8.07. The van der Waals surface area contributed by atoms with Crippen LogP contribution < -0.4 is 0 Å². The molecule has 2 aliphatic rings. The predicted molar refractivity (Wildman–Crippen MR) is 57.6 cm³/mol. The summed E-state index contributed by atoms with van der Waals surface area (Å²) >= 11 is 5.32. The quantitative estimate of drug-likeness (QED) is 0.667. The van der Waals surface area contributed by atoms with Crippen LogP contribution in [0.2, 0.25) is 0 Å². The molecule has 1 saturated carbocycles. The van der Waals surface area contributed by atoms with Gasteiger partial charge in [-0.25, -0.2) is 0 Å². The van der Waals surface area contributed by atoms with Gasteiger partial charge in [0.25, 0.3) is 0 Å². The van der Waals surface area contributed by atoms with Gasteiger partial charge in [0.2, 0.25) is 0 Å². The van der Waals surface area contributed by atoms with Crippen molar-refractivity contribution in [2.45, 2.75) is 26.2 Å². The molecule has 0 aromatic rings. The van der Waals surface area contributed by atoms with E-state index in [1.807, 2.05) is 0 Å². The molecule has 0 unspecified atom stereocenters. The molecular weight excluding hydrogens is 203 g/mol. The molecular formula is C9H17O2PS. The van der Waals surface area contributed by atoms with Crippen molar-refractivity contribution < 1.29 is 9.05 Å². The van der Waals surface area contributed by atoms with Gasteiger partial charge in [0.1, 0.15) is 0 Å². The van der Waals surface area contributed by atoms with Crippen LogP contribution in [-0.2, 0) is 20.9 Å². The first-order valence-electron chi connectivity index (χ1n) is 5.11. The van der Waals surface area contributed by atoms with E-state index in [1.165, 1.54) is 19.3 Å². The second kappa shape index (κ2) is 3.98. The van der Waals surface area contributed by atoms with E-state index in [4.69, 9.17) is 20.9 Å². The van der Waals surface area contributed by atoms with Gasteiger partial charge in [-0.05, 0) is 17.7 Å². The highest BCUT2D eigenvalue weighted by Gasteiger charge is 2.34. The Morgan fingerprint density at radius 3 is 2.23 bits per heavy atom. The number of hydrogen-bond donors (Lipinski definition) is 0. The van der Waals surface area contributed by atoms with Gasteiger partial charge < -0.3 is 9.05 Å². The first kappa shape index (κ1) is 10.1. The molecule has 0 amide bonds. The Morgan fingerprint density at radius 1 is 1.23 bits per heavy atom. The fourth-order valence-electron chi connectivity index (χ4n) is 1.87. The molecule has 76 valence electrons. The van der Waals surface area contributed by atoms with Crippen LogP contribution >= 0.6 is 6.49 Å². The number of rotatable bonds is 2. The smallest absolute Gasteiger partial charge is 0.188 e. The normalized spacial score (nSPS) is 41.5. The lowest BCUT2D eigenvalue weighted by atomic mass is 9.76. The highest BCUT2D eigenvalue weighted by Crippen LogP contribution is 2.53. The minimum absolute atomic E-state index is 0.636. The van der Waals surface area contributed by atoms with E-state index < -0.39 is 6.49 Å². The Bertz CT molecular complexity index is 216. The van der Waals surface area contributed by atoms with Crippen LogP contribution in [0.4, 0.5) is 0 Å². The van der Waals surface area contributed by atoms with Crippen LogP contribution in [0, 0.1) is 11.8 Å². The summed E-state index contributed by atoms with van der Waals surface area (Å²) in [7, 11) is 0. The molecule has 0 bridgehead atoms. The van der Waals surface area contributed by atoms with Crippen molar-refractivity contribution in [3.63, 3.8) is 0 Å². The summed E-state index contributed by atoms with van der Waals surface area (Å²) in [5.41, 5.74) is 0. The second-order valence-electron chi connectivity index (χ2n) is 3.97. The molecule has 4 heteroatoms. The van der Waals surface area contributed by atoms with E-state index in [-0.39, 0.29) is 0 Å². The molecule has 1 heterocycles. The average molecular weight is 220 g/mol. The second-order valence-corrected chi connectivity index (χ2v) is 8.01. The van der Waals surface area contributed by atoms with Gasteiger partial charge in [-0.1, -0.05) is 26.2 Å². The van der Waals surface area contributed by atoms with Crippen LogP contribution in [0.15, 0.2) is 0 Å². The largest absolute Gasteiger partial charge is 0.329 e. The van der Waals surface area contributed by atoms with E-state index >= 15 is 0 Å². The van der Waals surface area contributed by atoms with Gasteiger partial charge in [0.15, 0.2) is 6.49 Å². The fourth-order valence-corrected chi connectivity index (χ4v) is 3.51. The lowest BCUT2D eigenvalue weighted by Crippen LogP contribution is -2.32. The van der Waals surface area contributed by atoms with Crippen LogP contribution in [0.5, 0.6) is 0 Å². The molecule has 0 atom stereocenters. The standard InChI is InChI=1S/C9H17O2PS/c1-2-12(13)10-6-9(7-11-12)8-4-3-5-8/h8-9H,2-7H2,1H3. The predicted octanol–water partition coefficient (Wildman–Crippen LogP) is 2.78. The van der Waals surface area contributed by atoms with Crippen molar-refractivity contribution in [1.82, 2.24) is 0 Å². The Labute approximate surface area is 85.2 Å². The van der Waals surface area contributed by atoms with Gasteiger partial charge in [-0.15, -0.1) is 0 Å². The van der Waals surface area contributed by atoms with Gasteiger partial charge >= 0.3 is 0 Å². The lowest BCUT2D eigenvalue weighted by Gasteiger charge is -2.39. The molecule has 13 heavy (non-hydrogen) atoms. The average Bonchev–Trinajstić information content (AvgIpc) is 2.06. The van der Waals surface area contributed by atoms with E-state index in [9.17, 15) is 0 Å². The van der Waals surface area contributed by atoms with Crippen molar-refractivity contribution in [2.24, 2.45) is 11.8 Å². The molecule has 0 radical (unpaired) electrons. The Kier molecular flexibility index (Phi) is 3.09. The lowest BCUT2D eigenvalue weighted by molar-refractivity contribution is 0.0516. The van der Waals surface area contributed by atoms with Crippen LogP contribution in [0.25, 0.3) is 0 Å². The molecule has 1 aliphatic heterocycles. The third kappa shape index (κ3) is 2.15. The molecule has 0 N–H and O–H groups in total. The summed E-state index contributed by atoms with van der Waals surface area (Å²) in [6.45, 7) is 1.95. The summed E-state index contributed by atoms with van der Waals surface area (Å²) in [4.78, 5) is 0. The molecule has 2 rings (SSSR count). The van der Waals surface area contributed by atoms with Gasteiger partial charge in [0.05, 0.1) is 13.2 Å². The van der Waals surface area contributed by atoms with Gasteiger partial charge in [-0.3, -0.25) is 0 Å². The summed E-state index contributed by atoms with van der Waals surface area (Å²) in [5.74, 6) is 1.50. The van der Waals surface area contributed by atoms with Crippen molar-refractivity contribution in [2.75, 3.05) is 19.4 Å². The highest BCUT2D eigenvalue weighted by molar-refractivity contribution is 8.09. The molecule has 0 aromatic heterocycles. The third-order valence-corrected chi connectivity index (χ3v) is 6.44. The highest BCUT2D eigenvalue weighted by atomic mass is 32.5. The molecule has 2 fully saturated rings. The maximum absolute atomic E-state index is 5.69. The number of hydrogen-bond acceptors (Lipinski definition) is 3. The SMILES string of the molecule is CCP1(=S)OCC(C2CCC2)CO1. The maximum atomic E-state index is 5.69. The zero-order valence-corrected chi connectivity index (χ0v) is 9.78. The van der Waals surface area contributed by atoms with Crippen molar-refractivity contribution in [3.05, 3.63) is 0 Å². The van der Waals surface area contributed by atoms with E-state index in [1.54, 1.807) is 0 Å². The molecule has 0 spiro atoms. The summed E-state index contributed by atoms with van der Waals surface area (Å²) in [6.07, 6.45) is 5.00. The third-order valence-electron chi connectivity index (χ3n) is 3.17. The molecule has 0 aromatic carbocycles. The summed E-state index contributed by atoms with van der Waals surface area (Å²) in [6, 6.07) is 0. The van der Waals surface area contributed by atoms with Crippen molar-refractivity contribution >= 4 is 18.3 Å². The van der Waals surface area contributed by atoms with E-state index in [2.05, 4.69) is 6.92 Å². The van der Waals surface area contributed by atoms with E-state index in [0.29, 0.717) is 5.92 Å². The zero-order chi connectivity index (χ0) is 9.31. The Balaban J connectivity index is 1.85. The van der Waals surface area contributed by atoms with Crippen LogP contribution in [0.3, 0.4) is 0 Å². The molecule has 1 saturated heterocycles. The van der Waals surface area contributed by atoms with Gasteiger partial charge in [0, 0.05) is 12.1 Å². The molecule has 2 nitrogen and oxygen atoms in total. The monoisotopic (exact) mass is 220 g/mol. The van der Waals surface area contributed by atoms with E-state index in [0.717, 1.165) is 25.3 Å². The Hall–Kier alpha value is 0.570. The Morgan fingerprint density at radius 2 is 1.85 bits per heavy atom.